The summed E-state index contributed by atoms with van der Waals surface area (Å²) in [5.41, 5.74) is 8.16. The number of anilines is 1. The number of ether oxygens (including phenoxy) is 1. The first-order valence-corrected chi connectivity index (χ1v) is 5.15. The Bertz CT molecular complexity index is 522. The van der Waals surface area contributed by atoms with Crippen molar-refractivity contribution >= 4 is 17.4 Å². The van der Waals surface area contributed by atoms with Crippen LogP contribution >= 0.6 is 11.6 Å². The van der Waals surface area contributed by atoms with E-state index in [0.717, 1.165) is 16.8 Å². The number of hydrogen-bond acceptors (Lipinski definition) is 3. The fraction of sp³-hybridized carbons (Fsp3) is 0.182. The Kier molecular flexibility index (Phi) is 2.75. The molecule has 84 valence electrons. The molecular formula is C11H12ClN3O. The maximum absolute atomic E-state index is 6.16. The fourth-order valence-electron chi connectivity index (χ4n) is 1.54. The van der Waals surface area contributed by atoms with E-state index in [2.05, 4.69) is 10.2 Å². The van der Waals surface area contributed by atoms with Crippen LogP contribution in [0.5, 0.6) is 5.75 Å². The van der Waals surface area contributed by atoms with E-state index < -0.39 is 0 Å². The number of hydrogen-bond donors (Lipinski definition) is 2. The molecule has 1 aromatic heterocycles. The Morgan fingerprint density at radius 1 is 1.44 bits per heavy atom. The lowest BCUT2D eigenvalue weighted by Crippen LogP contribution is -1.91. The minimum absolute atomic E-state index is 0.439. The van der Waals surface area contributed by atoms with Gasteiger partial charge in [-0.3, -0.25) is 5.10 Å². The summed E-state index contributed by atoms with van der Waals surface area (Å²) in [6, 6.07) is 5.59. The van der Waals surface area contributed by atoms with Crippen LogP contribution < -0.4 is 10.5 Å². The Labute approximate surface area is 98.4 Å². The van der Waals surface area contributed by atoms with Gasteiger partial charge in [0.1, 0.15) is 11.6 Å². The van der Waals surface area contributed by atoms with Gasteiger partial charge in [-0.2, -0.15) is 5.10 Å². The molecule has 0 unspecified atom stereocenters. The van der Waals surface area contributed by atoms with Gasteiger partial charge in [-0.05, 0) is 18.6 Å². The van der Waals surface area contributed by atoms with E-state index in [4.69, 9.17) is 22.1 Å². The molecule has 0 amide bonds. The summed E-state index contributed by atoms with van der Waals surface area (Å²) in [5, 5.41) is 7.31. The van der Waals surface area contributed by atoms with Crippen LogP contribution in [0.1, 0.15) is 5.56 Å². The largest absolute Gasteiger partial charge is 0.494 e. The molecule has 3 N–H and O–H groups in total. The number of methoxy groups -OCH3 is 1. The summed E-state index contributed by atoms with van der Waals surface area (Å²) in [5.74, 6) is 1.07. The molecule has 0 atom stereocenters. The zero-order valence-electron chi connectivity index (χ0n) is 9.04. The zero-order valence-corrected chi connectivity index (χ0v) is 9.80. The molecule has 1 aromatic carbocycles. The number of benzene rings is 1. The highest BCUT2D eigenvalue weighted by atomic mass is 35.5. The second-order valence-electron chi connectivity index (χ2n) is 3.48. The van der Waals surface area contributed by atoms with Gasteiger partial charge in [-0.15, -0.1) is 0 Å². The van der Waals surface area contributed by atoms with Gasteiger partial charge in [-0.25, -0.2) is 0 Å². The van der Waals surface area contributed by atoms with E-state index in [0.29, 0.717) is 16.6 Å². The molecule has 2 rings (SSSR count). The summed E-state index contributed by atoms with van der Waals surface area (Å²) in [4.78, 5) is 0. The quantitative estimate of drug-likeness (QED) is 0.844. The molecular weight excluding hydrogens is 226 g/mol. The molecule has 0 aliphatic heterocycles. The molecule has 0 radical (unpaired) electrons. The number of halogens is 1. The monoisotopic (exact) mass is 237 g/mol. The van der Waals surface area contributed by atoms with Gasteiger partial charge in [0.2, 0.25) is 0 Å². The third-order valence-corrected chi connectivity index (χ3v) is 2.85. The molecule has 2 aromatic rings. The number of nitrogen functional groups attached to an aromatic ring is 1. The number of aromatic amines is 1. The van der Waals surface area contributed by atoms with Crippen LogP contribution in [0.2, 0.25) is 5.02 Å². The van der Waals surface area contributed by atoms with Crippen LogP contribution in [-0.4, -0.2) is 17.3 Å². The van der Waals surface area contributed by atoms with Crippen molar-refractivity contribution in [3.05, 3.63) is 28.8 Å². The van der Waals surface area contributed by atoms with E-state index in [1.165, 1.54) is 0 Å². The lowest BCUT2D eigenvalue weighted by molar-refractivity contribution is 0.416. The minimum atomic E-state index is 0.439. The summed E-state index contributed by atoms with van der Waals surface area (Å²) in [7, 11) is 1.59. The normalized spacial score (nSPS) is 10.4. The molecule has 4 nitrogen and oxygen atoms in total. The number of aryl methyl sites for hydroxylation is 1. The lowest BCUT2D eigenvalue weighted by Gasteiger charge is -2.10. The lowest BCUT2D eigenvalue weighted by atomic mass is 10.1. The van der Waals surface area contributed by atoms with Crippen LogP contribution in [0.25, 0.3) is 11.3 Å². The molecule has 0 aliphatic carbocycles. The molecule has 16 heavy (non-hydrogen) atoms. The van der Waals surface area contributed by atoms with E-state index >= 15 is 0 Å². The molecule has 0 fully saturated rings. The van der Waals surface area contributed by atoms with Crippen molar-refractivity contribution in [2.75, 3.05) is 12.8 Å². The van der Waals surface area contributed by atoms with Gasteiger partial charge in [0, 0.05) is 11.6 Å². The van der Waals surface area contributed by atoms with Crippen LogP contribution in [0.4, 0.5) is 5.82 Å². The summed E-state index contributed by atoms with van der Waals surface area (Å²) in [6.07, 6.45) is 0. The van der Waals surface area contributed by atoms with Crippen LogP contribution in [0.3, 0.4) is 0 Å². The van der Waals surface area contributed by atoms with E-state index in [1.807, 2.05) is 19.1 Å². The molecule has 0 aliphatic rings. The molecule has 1 heterocycles. The highest BCUT2D eigenvalue weighted by Gasteiger charge is 2.13. The number of nitrogens with one attached hydrogen (secondary N) is 1. The molecule has 0 saturated carbocycles. The maximum atomic E-state index is 6.16. The smallest absolute Gasteiger partial charge is 0.147 e. The van der Waals surface area contributed by atoms with Crippen LogP contribution in [0.15, 0.2) is 18.2 Å². The van der Waals surface area contributed by atoms with Gasteiger partial charge in [0.15, 0.2) is 0 Å². The van der Waals surface area contributed by atoms with Crippen molar-refractivity contribution in [3.63, 3.8) is 0 Å². The first-order chi connectivity index (χ1) is 7.63. The van der Waals surface area contributed by atoms with Gasteiger partial charge in [0.25, 0.3) is 0 Å². The van der Waals surface area contributed by atoms with E-state index in [-0.39, 0.29) is 0 Å². The Morgan fingerprint density at radius 2 is 2.19 bits per heavy atom. The summed E-state index contributed by atoms with van der Waals surface area (Å²) in [6.45, 7) is 1.93. The SMILES string of the molecule is COc1c(-c2cc(N)n[nH]2)ccc(C)c1Cl. The van der Waals surface area contributed by atoms with Crippen molar-refractivity contribution in [2.45, 2.75) is 6.92 Å². The van der Waals surface area contributed by atoms with Crippen LogP contribution in [-0.2, 0) is 0 Å². The zero-order chi connectivity index (χ0) is 11.7. The highest BCUT2D eigenvalue weighted by molar-refractivity contribution is 6.33. The van der Waals surface area contributed by atoms with Gasteiger partial charge >= 0.3 is 0 Å². The second-order valence-corrected chi connectivity index (χ2v) is 3.86. The van der Waals surface area contributed by atoms with Crippen molar-refractivity contribution < 1.29 is 4.74 Å². The summed E-state index contributed by atoms with van der Waals surface area (Å²) >= 11 is 6.16. The highest BCUT2D eigenvalue weighted by Crippen LogP contribution is 2.37. The number of nitrogens with zero attached hydrogens (tertiary/aromatic N) is 1. The average molecular weight is 238 g/mol. The summed E-state index contributed by atoms with van der Waals surface area (Å²) < 4.78 is 5.30. The van der Waals surface area contributed by atoms with Crippen molar-refractivity contribution in [2.24, 2.45) is 0 Å². The third-order valence-electron chi connectivity index (χ3n) is 2.38. The molecule has 0 spiro atoms. The number of nitrogens with two attached hydrogens (primary N) is 1. The Balaban J connectivity index is 2.61. The average Bonchev–Trinajstić information content (AvgIpc) is 2.68. The topological polar surface area (TPSA) is 63.9 Å². The number of aromatic nitrogens is 2. The molecule has 0 bridgehead atoms. The van der Waals surface area contributed by atoms with Crippen molar-refractivity contribution in [3.8, 4) is 17.0 Å². The maximum Gasteiger partial charge on any atom is 0.147 e. The van der Waals surface area contributed by atoms with Gasteiger partial charge in [-0.1, -0.05) is 17.7 Å². The Hall–Kier alpha value is -1.68. The standard InChI is InChI=1S/C11H12ClN3O/c1-6-3-4-7(11(16-2)10(6)12)8-5-9(13)15-14-8/h3-5H,1-2H3,(H3,13,14,15). The Morgan fingerprint density at radius 3 is 2.75 bits per heavy atom. The number of rotatable bonds is 2. The predicted octanol–water partition coefficient (Wildman–Crippen LogP) is 2.63. The second kappa shape index (κ2) is 4.06. The van der Waals surface area contributed by atoms with E-state index in [9.17, 15) is 0 Å². The van der Waals surface area contributed by atoms with Crippen molar-refractivity contribution in [1.82, 2.24) is 10.2 Å². The van der Waals surface area contributed by atoms with Crippen molar-refractivity contribution in [1.29, 1.82) is 0 Å². The molecule has 0 saturated heterocycles. The first-order valence-electron chi connectivity index (χ1n) is 4.78. The minimum Gasteiger partial charge on any atom is -0.494 e. The first kappa shape index (κ1) is 10.8. The van der Waals surface area contributed by atoms with Gasteiger partial charge in [0.05, 0.1) is 17.8 Å². The van der Waals surface area contributed by atoms with Crippen LogP contribution in [0, 0.1) is 6.92 Å². The van der Waals surface area contributed by atoms with E-state index in [1.54, 1.807) is 13.2 Å². The third kappa shape index (κ3) is 1.72. The predicted molar refractivity (Wildman–Crippen MR) is 64.7 cm³/mol. The van der Waals surface area contributed by atoms with Gasteiger partial charge < -0.3 is 10.5 Å². The molecule has 5 heteroatoms. The fourth-order valence-corrected chi connectivity index (χ4v) is 1.78. The number of H-pyrrole nitrogens is 1.